The molecule has 1 heterocycles. The fourth-order valence-electron chi connectivity index (χ4n) is 8.37. The van der Waals surface area contributed by atoms with Crippen LogP contribution in [0.1, 0.15) is 220 Å². The number of carbonyl (C=O) groups excluding carboxylic acids is 2. The molecule has 1 amide bonds. The van der Waals surface area contributed by atoms with Crippen molar-refractivity contribution in [3.05, 3.63) is 85.1 Å². The third-order valence-electron chi connectivity index (χ3n) is 12.9. The van der Waals surface area contributed by atoms with Gasteiger partial charge in [-0.05, 0) is 70.6 Å². The third-order valence-corrected chi connectivity index (χ3v) is 12.9. The first-order valence-electron chi connectivity index (χ1n) is 28.4. The van der Waals surface area contributed by atoms with E-state index in [0.717, 1.165) is 83.5 Å². The molecule has 1 saturated heterocycles. The van der Waals surface area contributed by atoms with Gasteiger partial charge < -0.3 is 45.1 Å². The molecule has 1 aliphatic rings. The number of carbonyl (C=O) groups is 2. The van der Waals surface area contributed by atoms with E-state index < -0.39 is 67.4 Å². The number of allylic oxidation sites excluding steroid dienone is 13. The fourth-order valence-corrected chi connectivity index (χ4v) is 8.37. The summed E-state index contributed by atoms with van der Waals surface area (Å²) in [5, 5.41) is 56.8. The molecule has 0 aromatic rings. The summed E-state index contributed by atoms with van der Waals surface area (Å²) in [4.78, 5) is 26.4. The summed E-state index contributed by atoms with van der Waals surface area (Å²) in [5.41, 5.74) is 0. The average molecular weight is 998 g/mol. The van der Waals surface area contributed by atoms with Gasteiger partial charge in [-0.15, -0.1) is 0 Å². The van der Waals surface area contributed by atoms with Gasteiger partial charge in [0.15, 0.2) is 12.4 Å². The highest BCUT2D eigenvalue weighted by Gasteiger charge is 2.47. The van der Waals surface area contributed by atoms with Crippen LogP contribution in [0.25, 0.3) is 0 Å². The van der Waals surface area contributed by atoms with E-state index in [1.165, 1.54) is 89.9 Å². The first kappa shape index (κ1) is 65.9. The maximum atomic E-state index is 13.4. The monoisotopic (exact) mass is 998 g/mol. The number of ether oxygens (including phenoxy) is 3. The standard InChI is InChI=1S/C60H103NO10/c1-4-7-10-13-16-19-22-25-27-30-33-36-39-42-45-48-55(65)71-58-57(67)56(66)54(49-62)70-60(58)69-50-51(52(63)46-43-40-37-34-31-28-24-21-18-15-12-9-6-3)61-59(68)53(64)47-44-41-38-35-32-29-26-23-20-17-14-11-8-5-2/h7,10,13,16,19-20,22-23,25,27,30,33,43,46,51-54,56-58,60,62-64,66-67H,4-6,8-9,11-12,14-15,17-18,21,24,26,28-29,31-32,34-42,44-45,47-50H2,1-3H3,(H,61,68)/b10-7+,16-13+,22-19-,23-20-,27-25-,33-30+,46-43+. The Labute approximate surface area is 432 Å². The lowest BCUT2D eigenvalue weighted by Crippen LogP contribution is -2.61. The lowest BCUT2D eigenvalue weighted by Gasteiger charge is -2.41. The summed E-state index contributed by atoms with van der Waals surface area (Å²) in [7, 11) is 0. The van der Waals surface area contributed by atoms with E-state index >= 15 is 0 Å². The molecule has 0 spiro atoms. The second kappa shape index (κ2) is 47.8. The van der Waals surface area contributed by atoms with Crippen LogP contribution in [-0.2, 0) is 23.8 Å². The number of rotatable bonds is 46. The second-order valence-electron chi connectivity index (χ2n) is 19.4. The van der Waals surface area contributed by atoms with Crippen LogP contribution in [0.2, 0.25) is 0 Å². The predicted octanol–water partition coefficient (Wildman–Crippen LogP) is 12.6. The minimum absolute atomic E-state index is 0.0704. The number of aliphatic hydroxyl groups is 5. The molecule has 11 heteroatoms. The molecule has 408 valence electrons. The van der Waals surface area contributed by atoms with Gasteiger partial charge in [0, 0.05) is 6.42 Å². The summed E-state index contributed by atoms with van der Waals surface area (Å²) in [6, 6.07) is -1.04. The van der Waals surface area contributed by atoms with Crippen LogP contribution in [0.4, 0.5) is 0 Å². The quantitative estimate of drug-likeness (QED) is 0.0149. The van der Waals surface area contributed by atoms with E-state index in [-0.39, 0.29) is 19.4 Å². The Hall–Kier alpha value is -3.16. The highest BCUT2D eigenvalue weighted by molar-refractivity contribution is 5.80. The molecular formula is C60H103NO10. The minimum Gasteiger partial charge on any atom is -0.454 e. The van der Waals surface area contributed by atoms with Gasteiger partial charge in [0.25, 0.3) is 0 Å². The van der Waals surface area contributed by atoms with E-state index in [0.29, 0.717) is 12.8 Å². The Kier molecular flexibility index (Phi) is 44.4. The Bertz CT molecular complexity index is 1470. The lowest BCUT2D eigenvalue weighted by atomic mass is 9.99. The van der Waals surface area contributed by atoms with E-state index in [1.54, 1.807) is 6.08 Å². The normalized spacial score (nSPS) is 20.3. The van der Waals surface area contributed by atoms with Crippen molar-refractivity contribution in [2.24, 2.45) is 0 Å². The highest BCUT2D eigenvalue weighted by Crippen LogP contribution is 2.26. The second-order valence-corrected chi connectivity index (χ2v) is 19.4. The molecule has 0 saturated carbocycles. The minimum atomic E-state index is -1.63. The molecular weight excluding hydrogens is 895 g/mol. The van der Waals surface area contributed by atoms with Crippen molar-refractivity contribution in [2.45, 2.75) is 269 Å². The summed E-state index contributed by atoms with van der Waals surface area (Å²) in [6.07, 6.45) is 50.5. The first-order chi connectivity index (χ1) is 34.7. The number of esters is 1. The van der Waals surface area contributed by atoms with Crippen molar-refractivity contribution in [1.29, 1.82) is 0 Å². The van der Waals surface area contributed by atoms with Crippen molar-refractivity contribution in [3.63, 3.8) is 0 Å². The lowest BCUT2D eigenvalue weighted by molar-refractivity contribution is -0.305. The van der Waals surface area contributed by atoms with Gasteiger partial charge in [-0.1, -0.05) is 228 Å². The van der Waals surface area contributed by atoms with E-state index in [4.69, 9.17) is 14.2 Å². The van der Waals surface area contributed by atoms with Gasteiger partial charge in [0.1, 0.15) is 24.4 Å². The zero-order valence-corrected chi connectivity index (χ0v) is 44.8. The van der Waals surface area contributed by atoms with Crippen LogP contribution in [0, 0.1) is 0 Å². The molecule has 1 aliphatic heterocycles. The average Bonchev–Trinajstić information content (AvgIpc) is 3.37. The molecule has 0 aromatic heterocycles. The van der Waals surface area contributed by atoms with E-state index in [9.17, 15) is 35.1 Å². The van der Waals surface area contributed by atoms with Crippen LogP contribution in [0.3, 0.4) is 0 Å². The molecule has 0 aromatic carbocycles. The van der Waals surface area contributed by atoms with Crippen molar-refractivity contribution >= 4 is 11.9 Å². The Morgan fingerprint density at radius 1 is 0.563 bits per heavy atom. The zero-order valence-electron chi connectivity index (χ0n) is 44.8. The SMILES string of the molecule is CC/C=C/C=C/C=C\C=C/C=C/CCCCCC(=O)OC1C(OCC(NC(=O)C(O)CCCCCCCC/C=C\CCCCCC)C(O)/C=C/CCCCCCCCCCCCC)OC(CO)C(O)C1O. The largest absolute Gasteiger partial charge is 0.454 e. The maximum absolute atomic E-state index is 13.4. The molecule has 0 bridgehead atoms. The van der Waals surface area contributed by atoms with Crippen LogP contribution in [-0.4, -0.2) is 99.6 Å². The van der Waals surface area contributed by atoms with Crippen molar-refractivity contribution in [3.8, 4) is 0 Å². The number of hydrogen-bond donors (Lipinski definition) is 6. The van der Waals surface area contributed by atoms with Crippen molar-refractivity contribution < 1.29 is 49.3 Å². The first-order valence-corrected chi connectivity index (χ1v) is 28.4. The number of unbranched alkanes of at least 4 members (excludes halogenated alkanes) is 24. The third kappa shape index (κ3) is 36.4. The molecule has 1 fully saturated rings. The molecule has 0 aliphatic carbocycles. The van der Waals surface area contributed by atoms with E-state index in [2.05, 4.69) is 50.4 Å². The van der Waals surface area contributed by atoms with Crippen LogP contribution < -0.4 is 5.32 Å². The Morgan fingerprint density at radius 3 is 1.58 bits per heavy atom. The summed E-state index contributed by atoms with van der Waals surface area (Å²) >= 11 is 0. The highest BCUT2D eigenvalue weighted by atomic mass is 16.7. The molecule has 6 N–H and O–H groups in total. The molecule has 8 unspecified atom stereocenters. The predicted molar refractivity (Wildman–Crippen MR) is 292 cm³/mol. The number of aliphatic hydroxyl groups excluding tert-OH is 5. The van der Waals surface area contributed by atoms with Gasteiger partial charge in [-0.25, -0.2) is 0 Å². The van der Waals surface area contributed by atoms with Gasteiger partial charge in [-0.3, -0.25) is 9.59 Å². The molecule has 1 rings (SSSR count). The Balaban J connectivity index is 2.79. The smallest absolute Gasteiger partial charge is 0.306 e. The summed E-state index contributed by atoms with van der Waals surface area (Å²) in [6.45, 7) is 5.58. The number of hydrogen-bond acceptors (Lipinski definition) is 10. The zero-order chi connectivity index (χ0) is 51.8. The van der Waals surface area contributed by atoms with Gasteiger partial charge in [0.05, 0.1) is 25.4 Å². The van der Waals surface area contributed by atoms with Gasteiger partial charge in [0.2, 0.25) is 5.91 Å². The summed E-state index contributed by atoms with van der Waals surface area (Å²) in [5.74, 6) is -1.25. The molecule has 71 heavy (non-hydrogen) atoms. The topological polar surface area (TPSA) is 175 Å². The number of nitrogens with one attached hydrogen (secondary N) is 1. The molecule has 11 nitrogen and oxygen atoms in total. The van der Waals surface area contributed by atoms with Crippen molar-refractivity contribution in [1.82, 2.24) is 5.32 Å². The Morgan fingerprint density at radius 2 is 1.03 bits per heavy atom. The molecule has 8 atom stereocenters. The summed E-state index contributed by atoms with van der Waals surface area (Å²) < 4.78 is 17.5. The number of amides is 1. The van der Waals surface area contributed by atoms with Crippen LogP contribution >= 0.6 is 0 Å². The van der Waals surface area contributed by atoms with Gasteiger partial charge >= 0.3 is 5.97 Å². The molecule has 0 radical (unpaired) electrons. The van der Waals surface area contributed by atoms with Gasteiger partial charge in [-0.2, -0.15) is 0 Å². The van der Waals surface area contributed by atoms with Crippen LogP contribution in [0.15, 0.2) is 85.1 Å². The fraction of sp³-hybridized carbons (Fsp3) is 0.733. The van der Waals surface area contributed by atoms with Crippen LogP contribution in [0.5, 0.6) is 0 Å². The van der Waals surface area contributed by atoms with Crippen molar-refractivity contribution in [2.75, 3.05) is 13.2 Å². The maximum Gasteiger partial charge on any atom is 0.306 e. The van der Waals surface area contributed by atoms with E-state index in [1.807, 2.05) is 54.7 Å².